The highest BCUT2D eigenvalue weighted by Crippen LogP contribution is 2.33. The Morgan fingerprint density at radius 1 is 0.933 bits per heavy atom. The summed E-state index contributed by atoms with van der Waals surface area (Å²) in [6.45, 7) is 2.07. The monoisotopic (exact) mass is 419 g/mol. The molecule has 0 saturated carbocycles. The fourth-order valence-corrected chi connectivity index (χ4v) is 4.00. The van der Waals surface area contributed by atoms with E-state index in [1.54, 1.807) is 11.3 Å². The smallest absolute Gasteiger partial charge is 0.186 e. The summed E-state index contributed by atoms with van der Waals surface area (Å²) in [6.07, 6.45) is 0.861. The predicted molar refractivity (Wildman–Crippen MR) is 124 cm³/mol. The van der Waals surface area contributed by atoms with Gasteiger partial charge >= 0.3 is 0 Å². The van der Waals surface area contributed by atoms with Gasteiger partial charge in [0.25, 0.3) is 0 Å². The molecule has 0 fully saturated rings. The molecule has 1 aromatic heterocycles. The fraction of sp³-hybridized carbons (Fsp3) is 0.208. The number of ether oxygens (including phenoxy) is 2. The van der Waals surface area contributed by atoms with Crippen LogP contribution in [0.25, 0.3) is 10.2 Å². The lowest BCUT2D eigenvalue weighted by Gasteiger charge is -2.16. The Balaban J connectivity index is 1.42. The van der Waals surface area contributed by atoms with Crippen molar-refractivity contribution in [2.24, 2.45) is 5.73 Å². The first-order chi connectivity index (χ1) is 14.7. The van der Waals surface area contributed by atoms with Crippen LogP contribution in [0.4, 0.5) is 5.13 Å². The summed E-state index contributed by atoms with van der Waals surface area (Å²) in [5.41, 5.74) is 7.68. The Morgan fingerprint density at radius 2 is 1.70 bits per heavy atom. The highest BCUT2D eigenvalue weighted by molar-refractivity contribution is 7.22. The van der Waals surface area contributed by atoms with Gasteiger partial charge in [-0.05, 0) is 54.9 Å². The number of benzene rings is 3. The number of nitrogens with zero attached hydrogens (tertiary/aromatic N) is 2. The second-order valence-corrected chi connectivity index (χ2v) is 8.04. The number of thiazole rings is 1. The van der Waals surface area contributed by atoms with Crippen LogP contribution >= 0.6 is 11.3 Å². The van der Waals surface area contributed by atoms with E-state index in [1.807, 2.05) is 60.7 Å². The number of para-hydroxylation sites is 1. The van der Waals surface area contributed by atoms with E-state index in [9.17, 15) is 0 Å². The number of hydrogen-bond acceptors (Lipinski definition) is 6. The van der Waals surface area contributed by atoms with Crippen molar-refractivity contribution in [2.45, 2.75) is 13.0 Å². The molecule has 0 aliphatic carbocycles. The Morgan fingerprint density at radius 3 is 2.47 bits per heavy atom. The summed E-state index contributed by atoms with van der Waals surface area (Å²) < 4.78 is 12.7. The largest absolute Gasteiger partial charge is 0.494 e. The number of fused-ring (bicyclic) bond motifs is 1. The van der Waals surface area contributed by atoms with Crippen molar-refractivity contribution in [1.82, 2.24) is 4.98 Å². The van der Waals surface area contributed by atoms with E-state index in [4.69, 9.17) is 20.2 Å². The lowest BCUT2D eigenvalue weighted by atomic mass is 10.2. The third kappa shape index (κ3) is 5.09. The highest BCUT2D eigenvalue weighted by atomic mass is 32.1. The standard InChI is InChI=1S/C24H25N3O2S/c1-27(17-18-8-10-19(11-9-18)28-15-5-14-25)24-26-22-13-12-21(16-23(22)30-24)29-20-6-3-2-4-7-20/h2-4,6-13,16H,5,14-15,17,25H2,1H3. The third-order valence-electron chi connectivity index (χ3n) is 4.61. The molecule has 0 spiro atoms. The van der Waals surface area contributed by atoms with Gasteiger partial charge in [-0.2, -0.15) is 0 Å². The average molecular weight is 420 g/mol. The predicted octanol–water partition coefficient (Wildman–Crippen LogP) is 5.45. The van der Waals surface area contributed by atoms with Crippen molar-refractivity contribution in [3.05, 3.63) is 78.4 Å². The number of hydrogen-bond donors (Lipinski definition) is 1. The zero-order valence-electron chi connectivity index (χ0n) is 17.0. The lowest BCUT2D eigenvalue weighted by Crippen LogP contribution is -2.15. The van der Waals surface area contributed by atoms with Crippen molar-refractivity contribution >= 4 is 26.7 Å². The number of nitrogens with two attached hydrogens (primary N) is 1. The van der Waals surface area contributed by atoms with Crippen LogP contribution in [0.3, 0.4) is 0 Å². The Kier molecular flexibility index (Phi) is 6.47. The van der Waals surface area contributed by atoms with Crippen molar-refractivity contribution < 1.29 is 9.47 Å². The van der Waals surface area contributed by atoms with Crippen molar-refractivity contribution in [2.75, 3.05) is 25.1 Å². The van der Waals surface area contributed by atoms with Crippen LogP contribution in [-0.4, -0.2) is 25.2 Å². The van der Waals surface area contributed by atoms with Crippen molar-refractivity contribution in [3.63, 3.8) is 0 Å². The molecule has 154 valence electrons. The molecule has 3 aromatic carbocycles. The second kappa shape index (κ2) is 9.61. The minimum absolute atomic E-state index is 0.644. The number of aromatic nitrogens is 1. The third-order valence-corrected chi connectivity index (χ3v) is 5.75. The van der Waals surface area contributed by atoms with Gasteiger partial charge in [0.15, 0.2) is 5.13 Å². The van der Waals surface area contributed by atoms with Crippen LogP contribution < -0.4 is 20.1 Å². The Labute approximate surface area is 180 Å². The van der Waals surface area contributed by atoms with E-state index >= 15 is 0 Å². The van der Waals surface area contributed by atoms with Gasteiger partial charge in [0, 0.05) is 19.7 Å². The zero-order chi connectivity index (χ0) is 20.8. The molecule has 4 rings (SSSR count). The summed E-state index contributed by atoms with van der Waals surface area (Å²) in [7, 11) is 2.06. The molecule has 0 aliphatic rings. The maximum absolute atomic E-state index is 5.94. The molecule has 0 unspecified atom stereocenters. The van der Waals surface area contributed by atoms with E-state index in [-0.39, 0.29) is 0 Å². The first-order valence-corrected chi connectivity index (χ1v) is 10.8. The van der Waals surface area contributed by atoms with Gasteiger partial charge in [0.05, 0.1) is 16.8 Å². The minimum Gasteiger partial charge on any atom is -0.494 e. The van der Waals surface area contributed by atoms with Crippen LogP contribution in [0.5, 0.6) is 17.2 Å². The molecule has 6 heteroatoms. The lowest BCUT2D eigenvalue weighted by molar-refractivity contribution is 0.313. The number of anilines is 1. The van der Waals surface area contributed by atoms with Gasteiger partial charge in [0.2, 0.25) is 0 Å². The second-order valence-electron chi connectivity index (χ2n) is 7.03. The zero-order valence-corrected chi connectivity index (χ0v) is 17.8. The maximum Gasteiger partial charge on any atom is 0.186 e. The molecule has 0 saturated heterocycles. The Bertz CT molecular complexity index is 1080. The summed E-state index contributed by atoms with van der Waals surface area (Å²) in [5.74, 6) is 2.52. The molecule has 0 bridgehead atoms. The van der Waals surface area contributed by atoms with Gasteiger partial charge < -0.3 is 20.1 Å². The van der Waals surface area contributed by atoms with Gasteiger partial charge in [-0.15, -0.1) is 0 Å². The van der Waals surface area contributed by atoms with Crippen LogP contribution in [0.15, 0.2) is 72.8 Å². The van der Waals surface area contributed by atoms with Gasteiger partial charge in [-0.1, -0.05) is 41.7 Å². The van der Waals surface area contributed by atoms with Crippen molar-refractivity contribution in [1.29, 1.82) is 0 Å². The normalized spacial score (nSPS) is 10.9. The topological polar surface area (TPSA) is 60.6 Å². The molecular formula is C24H25N3O2S. The summed E-state index contributed by atoms with van der Waals surface area (Å²) in [4.78, 5) is 6.94. The highest BCUT2D eigenvalue weighted by Gasteiger charge is 2.10. The van der Waals surface area contributed by atoms with Crippen LogP contribution in [0.2, 0.25) is 0 Å². The molecule has 0 radical (unpaired) electrons. The molecule has 30 heavy (non-hydrogen) atoms. The van der Waals surface area contributed by atoms with E-state index in [0.717, 1.165) is 45.6 Å². The SMILES string of the molecule is CN(Cc1ccc(OCCCN)cc1)c1nc2ccc(Oc3ccccc3)cc2s1. The molecule has 5 nitrogen and oxygen atoms in total. The summed E-state index contributed by atoms with van der Waals surface area (Å²) in [5, 5.41) is 0.977. The van der Waals surface area contributed by atoms with Gasteiger partial charge in [-0.25, -0.2) is 4.98 Å². The van der Waals surface area contributed by atoms with Gasteiger partial charge in [0.1, 0.15) is 17.2 Å². The molecular weight excluding hydrogens is 394 g/mol. The first kappa shape index (κ1) is 20.2. The fourth-order valence-electron chi connectivity index (χ4n) is 3.05. The number of rotatable bonds is 9. The minimum atomic E-state index is 0.644. The summed E-state index contributed by atoms with van der Waals surface area (Å²) >= 11 is 1.66. The van der Waals surface area contributed by atoms with Gasteiger partial charge in [-0.3, -0.25) is 0 Å². The molecule has 0 atom stereocenters. The molecule has 0 amide bonds. The quantitative estimate of drug-likeness (QED) is 0.365. The summed E-state index contributed by atoms with van der Waals surface area (Å²) in [6, 6.07) is 24.0. The van der Waals surface area contributed by atoms with E-state index in [2.05, 4.69) is 24.1 Å². The molecule has 2 N–H and O–H groups in total. The maximum atomic E-state index is 5.94. The van der Waals surface area contributed by atoms with E-state index < -0.39 is 0 Å². The van der Waals surface area contributed by atoms with Crippen LogP contribution in [-0.2, 0) is 6.54 Å². The van der Waals surface area contributed by atoms with Crippen LogP contribution in [0, 0.1) is 0 Å². The Hall–Kier alpha value is -3.09. The molecule has 4 aromatic rings. The van der Waals surface area contributed by atoms with E-state index in [1.165, 1.54) is 5.56 Å². The molecule has 0 aliphatic heterocycles. The van der Waals surface area contributed by atoms with Crippen molar-refractivity contribution in [3.8, 4) is 17.2 Å². The first-order valence-electron chi connectivity index (χ1n) is 9.98. The molecule has 1 heterocycles. The average Bonchev–Trinajstić information content (AvgIpc) is 3.20. The van der Waals surface area contributed by atoms with Crippen LogP contribution in [0.1, 0.15) is 12.0 Å². The van der Waals surface area contributed by atoms with E-state index in [0.29, 0.717) is 13.2 Å².